The van der Waals surface area contributed by atoms with E-state index in [9.17, 15) is 9.59 Å². The van der Waals surface area contributed by atoms with Crippen LogP contribution < -0.4 is 4.74 Å². The summed E-state index contributed by atoms with van der Waals surface area (Å²) in [6.07, 6.45) is 2.60. The third kappa shape index (κ3) is 4.56. The van der Waals surface area contributed by atoms with Gasteiger partial charge in [0.2, 0.25) is 0 Å². The fraction of sp³-hybridized carbons (Fsp3) is 0.312. The van der Waals surface area contributed by atoms with E-state index in [-0.39, 0.29) is 18.3 Å². The van der Waals surface area contributed by atoms with Gasteiger partial charge < -0.3 is 9.47 Å². The monoisotopic (exact) mass is 351 g/mol. The van der Waals surface area contributed by atoms with Crippen LogP contribution in [0.15, 0.2) is 29.2 Å². The number of thioether (sulfide) groups is 1. The van der Waals surface area contributed by atoms with Crippen LogP contribution in [0.25, 0.3) is 6.08 Å². The van der Waals surface area contributed by atoms with Crippen molar-refractivity contribution >= 4 is 46.3 Å². The molecule has 1 heterocycles. The van der Waals surface area contributed by atoms with Crippen LogP contribution in [0.3, 0.4) is 0 Å². The molecular formula is C16H17NO4S2. The molecule has 0 aliphatic carbocycles. The Morgan fingerprint density at radius 1 is 1.30 bits per heavy atom. The van der Waals surface area contributed by atoms with E-state index in [2.05, 4.69) is 4.74 Å². The van der Waals surface area contributed by atoms with E-state index >= 15 is 0 Å². The number of ether oxygens (including phenoxy) is 2. The molecule has 5 nitrogen and oxygen atoms in total. The van der Waals surface area contributed by atoms with Gasteiger partial charge in [0.1, 0.15) is 10.1 Å². The summed E-state index contributed by atoms with van der Waals surface area (Å²) in [5, 5.41) is 0. The van der Waals surface area contributed by atoms with Crippen molar-refractivity contribution < 1.29 is 19.1 Å². The molecule has 0 aromatic heterocycles. The predicted molar refractivity (Wildman–Crippen MR) is 94.1 cm³/mol. The largest absolute Gasteiger partial charge is 0.497 e. The first-order valence-corrected chi connectivity index (χ1v) is 8.24. The van der Waals surface area contributed by atoms with Crippen molar-refractivity contribution in [1.82, 2.24) is 4.90 Å². The number of hydrogen-bond donors (Lipinski definition) is 0. The van der Waals surface area contributed by atoms with E-state index in [1.165, 1.54) is 23.8 Å². The highest BCUT2D eigenvalue weighted by atomic mass is 32.2. The van der Waals surface area contributed by atoms with Crippen molar-refractivity contribution in [2.75, 3.05) is 20.8 Å². The molecule has 0 bridgehead atoms. The van der Waals surface area contributed by atoms with Gasteiger partial charge in [-0.1, -0.05) is 36.1 Å². The first-order chi connectivity index (χ1) is 11.0. The summed E-state index contributed by atoms with van der Waals surface area (Å²) in [5.74, 6) is 0.349. The lowest BCUT2D eigenvalue weighted by Crippen LogP contribution is -2.29. The molecule has 0 saturated carbocycles. The van der Waals surface area contributed by atoms with Crippen LogP contribution in [-0.2, 0) is 14.3 Å². The normalized spacial score (nSPS) is 16.1. The zero-order chi connectivity index (χ0) is 16.8. The molecule has 1 aromatic carbocycles. The Bertz CT molecular complexity index is 640. The Balaban J connectivity index is 2.01. The smallest absolute Gasteiger partial charge is 0.305 e. The molecule has 1 aliphatic heterocycles. The van der Waals surface area contributed by atoms with Gasteiger partial charge in [0.05, 0.1) is 19.1 Å². The predicted octanol–water partition coefficient (Wildman–Crippen LogP) is 2.85. The van der Waals surface area contributed by atoms with Gasteiger partial charge >= 0.3 is 5.97 Å². The number of carbonyl (C=O) groups is 2. The van der Waals surface area contributed by atoms with Gasteiger partial charge in [-0.2, -0.15) is 0 Å². The fourth-order valence-electron chi connectivity index (χ4n) is 2.03. The Morgan fingerprint density at radius 2 is 2.00 bits per heavy atom. The molecular weight excluding hydrogens is 334 g/mol. The van der Waals surface area contributed by atoms with Crippen LogP contribution in [0.4, 0.5) is 0 Å². The molecule has 1 aromatic rings. The number of carbonyl (C=O) groups excluding carboxylic acids is 2. The lowest BCUT2D eigenvalue weighted by Gasteiger charge is -2.13. The maximum atomic E-state index is 12.4. The van der Waals surface area contributed by atoms with E-state index in [1.54, 1.807) is 13.2 Å². The molecule has 0 atom stereocenters. The molecule has 2 rings (SSSR count). The number of benzene rings is 1. The van der Waals surface area contributed by atoms with E-state index in [1.807, 2.05) is 24.3 Å². The molecule has 0 unspecified atom stereocenters. The van der Waals surface area contributed by atoms with Gasteiger partial charge in [-0.3, -0.25) is 14.5 Å². The highest BCUT2D eigenvalue weighted by Crippen LogP contribution is 2.32. The molecule has 0 radical (unpaired) electrons. The maximum Gasteiger partial charge on any atom is 0.305 e. The van der Waals surface area contributed by atoms with E-state index in [0.717, 1.165) is 11.3 Å². The number of amides is 1. The molecule has 7 heteroatoms. The average Bonchev–Trinajstić information content (AvgIpc) is 2.82. The first-order valence-electron chi connectivity index (χ1n) is 7.01. The van der Waals surface area contributed by atoms with Crippen LogP contribution in [0.5, 0.6) is 5.75 Å². The minimum atomic E-state index is -0.288. The van der Waals surface area contributed by atoms with Gasteiger partial charge in [0.15, 0.2) is 0 Å². The Kier molecular flexibility index (Phi) is 6.18. The molecule has 1 aliphatic rings. The molecule has 0 N–H and O–H groups in total. The average molecular weight is 351 g/mol. The number of esters is 1. The number of hydrogen-bond acceptors (Lipinski definition) is 6. The summed E-state index contributed by atoms with van der Waals surface area (Å²) in [7, 11) is 2.95. The standard InChI is InChI=1S/C16H17NO4S2/c1-20-12-7-5-11(6-8-12)10-13-15(19)17(16(22)23-13)9-3-4-14(18)21-2/h5-8,10H,3-4,9H2,1-2H3. The molecule has 1 saturated heterocycles. The third-order valence-corrected chi connectivity index (χ3v) is 4.66. The van der Waals surface area contributed by atoms with E-state index in [0.29, 0.717) is 22.2 Å². The number of methoxy groups -OCH3 is 2. The molecule has 1 fully saturated rings. The van der Waals surface area contributed by atoms with Crippen LogP contribution in [0.1, 0.15) is 18.4 Å². The minimum Gasteiger partial charge on any atom is -0.497 e. The van der Waals surface area contributed by atoms with Crippen molar-refractivity contribution in [1.29, 1.82) is 0 Å². The molecule has 122 valence electrons. The quantitative estimate of drug-likeness (QED) is 0.446. The Hall–Kier alpha value is -1.86. The van der Waals surface area contributed by atoms with Gasteiger partial charge in [0, 0.05) is 13.0 Å². The van der Waals surface area contributed by atoms with Gasteiger partial charge in [-0.15, -0.1) is 0 Å². The van der Waals surface area contributed by atoms with E-state index < -0.39 is 0 Å². The number of thiocarbonyl (C=S) groups is 1. The highest BCUT2D eigenvalue weighted by molar-refractivity contribution is 8.26. The van der Waals surface area contributed by atoms with Gasteiger partial charge in [-0.05, 0) is 30.2 Å². The number of rotatable bonds is 6. The third-order valence-electron chi connectivity index (χ3n) is 3.28. The van der Waals surface area contributed by atoms with E-state index in [4.69, 9.17) is 17.0 Å². The van der Waals surface area contributed by atoms with Crippen LogP contribution in [0, 0.1) is 0 Å². The van der Waals surface area contributed by atoms with Crippen molar-refractivity contribution in [3.8, 4) is 5.75 Å². The first kappa shape index (κ1) is 17.5. The number of nitrogens with zero attached hydrogens (tertiary/aromatic N) is 1. The summed E-state index contributed by atoms with van der Waals surface area (Å²) in [6, 6.07) is 7.43. The lowest BCUT2D eigenvalue weighted by molar-refractivity contribution is -0.141. The van der Waals surface area contributed by atoms with Crippen LogP contribution >= 0.6 is 24.0 Å². The second-order valence-electron chi connectivity index (χ2n) is 4.79. The second-order valence-corrected chi connectivity index (χ2v) is 6.46. The summed E-state index contributed by atoms with van der Waals surface area (Å²) in [6.45, 7) is 0.416. The zero-order valence-electron chi connectivity index (χ0n) is 12.9. The Morgan fingerprint density at radius 3 is 2.61 bits per heavy atom. The SMILES string of the molecule is COC(=O)CCCN1C(=O)C(=Cc2ccc(OC)cc2)SC1=S. The summed E-state index contributed by atoms with van der Waals surface area (Å²) in [5.41, 5.74) is 0.904. The highest BCUT2D eigenvalue weighted by Gasteiger charge is 2.31. The van der Waals surface area contributed by atoms with Gasteiger partial charge in [0.25, 0.3) is 5.91 Å². The van der Waals surface area contributed by atoms with Crippen molar-refractivity contribution in [2.45, 2.75) is 12.8 Å². The summed E-state index contributed by atoms with van der Waals surface area (Å²) >= 11 is 6.52. The van der Waals surface area contributed by atoms with Crippen molar-refractivity contribution in [3.05, 3.63) is 34.7 Å². The summed E-state index contributed by atoms with van der Waals surface area (Å²) < 4.78 is 10.2. The molecule has 23 heavy (non-hydrogen) atoms. The van der Waals surface area contributed by atoms with Crippen LogP contribution in [0.2, 0.25) is 0 Å². The Labute approximate surface area is 144 Å². The van der Waals surface area contributed by atoms with Crippen LogP contribution in [-0.4, -0.2) is 41.9 Å². The molecule has 1 amide bonds. The fourth-order valence-corrected chi connectivity index (χ4v) is 3.34. The maximum absolute atomic E-state index is 12.4. The second kappa shape index (κ2) is 8.12. The van der Waals surface area contributed by atoms with Crippen molar-refractivity contribution in [2.24, 2.45) is 0 Å². The van der Waals surface area contributed by atoms with Crippen molar-refractivity contribution in [3.63, 3.8) is 0 Å². The summed E-state index contributed by atoms with van der Waals surface area (Å²) in [4.78, 5) is 25.6. The molecule has 0 spiro atoms. The lowest BCUT2D eigenvalue weighted by atomic mass is 10.2. The van der Waals surface area contributed by atoms with Gasteiger partial charge in [-0.25, -0.2) is 0 Å². The minimum absolute atomic E-state index is 0.124. The zero-order valence-corrected chi connectivity index (χ0v) is 14.5. The topological polar surface area (TPSA) is 55.8 Å².